The van der Waals surface area contributed by atoms with Gasteiger partial charge >= 0.3 is 5.97 Å². The Balaban J connectivity index is 3.02. The topological polar surface area (TPSA) is 70.5 Å². The van der Waals surface area contributed by atoms with E-state index in [0.717, 1.165) is 12.3 Å². The highest BCUT2D eigenvalue weighted by molar-refractivity contribution is 5.94. The standard InChI is InChI=1S/C12H14F2N2O3/c1-3-16(7(2)6-9(17)18)12(19)8-4-5-15-11(14)10(8)13/h4-5,7H,3,6H2,1-2H3,(H,17,18). The molecule has 5 nitrogen and oxygen atoms in total. The number of hydrogen-bond donors (Lipinski definition) is 1. The number of carbonyl (C=O) groups is 2. The maximum atomic E-state index is 13.5. The van der Waals surface area contributed by atoms with Gasteiger partial charge in [-0.25, -0.2) is 9.37 Å². The van der Waals surface area contributed by atoms with E-state index in [-0.39, 0.29) is 13.0 Å². The molecule has 1 aromatic heterocycles. The second kappa shape index (κ2) is 6.21. The minimum atomic E-state index is -1.35. The number of halogens is 2. The van der Waals surface area contributed by atoms with E-state index in [2.05, 4.69) is 4.98 Å². The molecule has 104 valence electrons. The van der Waals surface area contributed by atoms with Crippen LogP contribution < -0.4 is 0 Å². The second-order valence-electron chi connectivity index (χ2n) is 4.00. The molecule has 0 spiro atoms. The Morgan fingerprint density at radius 2 is 2.11 bits per heavy atom. The molecule has 1 N–H and O–H groups in total. The summed E-state index contributed by atoms with van der Waals surface area (Å²) in [5, 5.41) is 8.70. The first-order chi connectivity index (χ1) is 8.88. The summed E-state index contributed by atoms with van der Waals surface area (Å²) < 4.78 is 26.4. The monoisotopic (exact) mass is 272 g/mol. The van der Waals surface area contributed by atoms with Gasteiger partial charge in [-0.05, 0) is 19.9 Å². The Hall–Kier alpha value is -2.05. The molecule has 0 bridgehead atoms. The maximum absolute atomic E-state index is 13.5. The molecule has 1 unspecified atom stereocenters. The number of pyridine rings is 1. The highest BCUT2D eigenvalue weighted by atomic mass is 19.2. The summed E-state index contributed by atoms with van der Waals surface area (Å²) in [6, 6.07) is 0.447. The molecule has 0 fully saturated rings. The van der Waals surface area contributed by atoms with E-state index < -0.39 is 35.2 Å². The van der Waals surface area contributed by atoms with Crippen LogP contribution in [0.1, 0.15) is 30.6 Å². The lowest BCUT2D eigenvalue weighted by Gasteiger charge is -2.27. The highest BCUT2D eigenvalue weighted by Gasteiger charge is 2.25. The fraction of sp³-hybridized carbons (Fsp3) is 0.417. The summed E-state index contributed by atoms with van der Waals surface area (Å²) in [6.45, 7) is 3.35. The SMILES string of the molecule is CCN(C(=O)c1ccnc(F)c1F)C(C)CC(=O)O. The molecule has 0 aliphatic heterocycles. The first-order valence-electron chi connectivity index (χ1n) is 5.71. The van der Waals surface area contributed by atoms with Crippen LogP contribution in [0.25, 0.3) is 0 Å². The van der Waals surface area contributed by atoms with E-state index in [0.29, 0.717) is 0 Å². The number of hydrogen-bond acceptors (Lipinski definition) is 3. The van der Waals surface area contributed by atoms with Crippen LogP contribution in [0.3, 0.4) is 0 Å². The van der Waals surface area contributed by atoms with Gasteiger partial charge in [-0.1, -0.05) is 0 Å². The lowest BCUT2D eigenvalue weighted by Crippen LogP contribution is -2.40. The quantitative estimate of drug-likeness (QED) is 0.828. The molecule has 0 radical (unpaired) electrons. The number of aliphatic carboxylic acids is 1. The summed E-state index contributed by atoms with van der Waals surface area (Å²) in [4.78, 5) is 27.0. The smallest absolute Gasteiger partial charge is 0.305 e. The van der Waals surface area contributed by atoms with Crippen LogP contribution in [0.2, 0.25) is 0 Å². The minimum absolute atomic E-state index is 0.191. The Kier molecular flexibility index (Phi) is 4.91. The summed E-state index contributed by atoms with van der Waals surface area (Å²) in [5.74, 6) is -4.50. The average Bonchev–Trinajstić information content (AvgIpc) is 2.32. The number of nitrogens with zero attached hydrogens (tertiary/aromatic N) is 2. The first kappa shape index (κ1) is 15.0. The van der Waals surface area contributed by atoms with Crippen LogP contribution in [0.4, 0.5) is 8.78 Å². The molecule has 0 aromatic carbocycles. The number of aromatic nitrogens is 1. The largest absolute Gasteiger partial charge is 0.481 e. The van der Waals surface area contributed by atoms with Crippen LogP contribution in [-0.2, 0) is 4.79 Å². The van der Waals surface area contributed by atoms with Gasteiger partial charge in [-0.15, -0.1) is 0 Å². The molecule has 19 heavy (non-hydrogen) atoms. The number of rotatable bonds is 5. The van der Waals surface area contributed by atoms with Gasteiger partial charge in [0.2, 0.25) is 5.95 Å². The molecule has 0 aliphatic rings. The molecule has 7 heteroatoms. The average molecular weight is 272 g/mol. The molecular weight excluding hydrogens is 258 g/mol. The van der Waals surface area contributed by atoms with Gasteiger partial charge < -0.3 is 10.0 Å². The van der Waals surface area contributed by atoms with Crippen molar-refractivity contribution in [3.8, 4) is 0 Å². The van der Waals surface area contributed by atoms with E-state index in [1.54, 1.807) is 6.92 Å². The van der Waals surface area contributed by atoms with Crippen LogP contribution in [0, 0.1) is 11.8 Å². The minimum Gasteiger partial charge on any atom is -0.481 e. The fourth-order valence-corrected chi connectivity index (χ4v) is 1.76. The van der Waals surface area contributed by atoms with Gasteiger partial charge in [0.25, 0.3) is 5.91 Å². The Labute approximate surface area is 108 Å². The van der Waals surface area contributed by atoms with Crippen molar-refractivity contribution in [2.45, 2.75) is 26.3 Å². The molecule has 1 heterocycles. The molecule has 1 atom stereocenters. The third kappa shape index (κ3) is 3.46. The predicted octanol–water partition coefficient (Wildman–Crippen LogP) is 1.69. The zero-order chi connectivity index (χ0) is 14.6. The zero-order valence-corrected chi connectivity index (χ0v) is 10.6. The van der Waals surface area contributed by atoms with Crippen LogP contribution in [0.5, 0.6) is 0 Å². The van der Waals surface area contributed by atoms with Crippen LogP contribution in [0.15, 0.2) is 12.3 Å². The van der Waals surface area contributed by atoms with Gasteiger partial charge in [0.1, 0.15) is 0 Å². The summed E-state index contributed by atoms with van der Waals surface area (Å²) in [6.07, 6.45) is 0.718. The van der Waals surface area contributed by atoms with Crippen molar-refractivity contribution in [2.24, 2.45) is 0 Å². The van der Waals surface area contributed by atoms with E-state index in [1.807, 2.05) is 0 Å². The molecule has 1 aromatic rings. The van der Waals surface area contributed by atoms with Crippen molar-refractivity contribution < 1.29 is 23.5 Å². The van der Waals surface area contributed by atoms with E-state index >= 15 is 0 Å². The third-order valence-electron chi connectivity index (χ3n) is 2.68. The number of carbonyl (C=O) groups excluding carboxylic acids is 1. The molecule has 1 amide bonds. The maximum Gasteiger partial charge on any atom is 0.305 e. The Morgan fingerprint density at radius 1 is 1.47 bits per heavy atom. The van der Waals surface area contributed by atoms with Crippen LogP contribution >= 0.6 is 0 Å². The zero-order valence-electron chi connectivity index (χ0n) is 10.6. The van der Waals surface area contributed by atoms with Gasteiger partial charge in [-0.2, -0.15) is 4.39 Å². The van der Waals surface area contributed by atoms with Crippen molar-refractivity contribution in [2.75, 3.05) is 6.54 Å². The van der Waals surface area contributed by atoms with Crippen molar-refractivity contribution in [1.82, 2.24) is 9.88 Å². The fourth-order valence-electron chi connectivity index (χ4n) is 1.76. The van der Waals surface area contributed by atoms with Crippen molar-refractivity contribution in [3.63, 3.8) is 0 Å². The Morgan fingerprint density at radius 3 is 2.63 bits per heavy atom. The van der Waals surface area contributed by atoms with Gasteiger partial charge in [0.15, 0.2) is 5.82 Å². The molecular formula is C12H14F2N2O3. The van der Waals surface area contributed by atoms with E-state index in [9.17, 15) is 18.4 Å². The Bertz CT molecular complexity index is 494. The van der Waals surface area contributed by atoms with Gasteiger partial charge in [0, 0.05) is 18.8 Å². The third-order valence-corrected chi connectivity index (χ3v) is 2.68. The number of carboxylic acid groups (broad SMARTS) is 1. The van der Waals surface area contributed by atoms with E-state index in [1.165, 1.54) is 11.8 Å². The second-order valence-corrected chi connectivity index (χ2v) is 4.00. The molecule has 1 rings (SSSR count). The van der Waals surface area contributed by atoms with E-state index in [4.69, 9.17) is 5.11 Å². The predicted molar refractivity (Wildman–Crippen MR) is 62.6 cm³/mol. The number of amides is 1. The molecule has 0 aliphatic carbocycles. The highest BCUT2D eigenvalue weighted by Crippen LogP contribution is 2.15. The first-order valence-corrected chi connectivity index (χ1v) is 5.71. The lowest BCUT2D eigenvalue weighted by molar-refractivity contribution is -0.138. The van der Waals surface area contributed by atoms with Crippen molar-refractivity contribution >= 4 is 11.9 Å². The van der Waals surface area contributed by atoms with Gasteiger partial charge in [-0.3, -0.25) is 9.59 Å². The molecule has 0 saturated heterocycles. The van der Waals surface area contributed by atoms with Crippen molar-refractivity contribution in [1.29, 1.82) is 0 Å². The number of carboxylic acids is 1. The van der Waals surface area contributed by atoms with Crippen molar-refractivity contribution in [3.05, 3.63) is 29.6 Å². The lowest BCUT2D eigenvalue weighted by atomic mass is 10.1. The summed E-state index contributed by atoms with van der Waals surface area (Å²) in [5.41, 5.74) is -0.452. The van der Waals surface area contributed by atoms with Gasteiger partial charge in [0.05, 0.1) is 12.0 Å². The summed E-state index contributed by atoms with van der Waals surface area (Å²) >= 11 is 0. The summed E-state index contributed by atoms with van der Waals surface area (Å²) in [7, 11) is 0. The normalized spacial score (nSPS) is 12.0. The van der Waals surface area contributed by atoms with Crippen LogP contribution in [-0.4, -0.2) is 39.5 Å². The molecule has 0 saturated carbocycles.